The van der Waals surface area contributed by atoms with Crippen LogP contribution < -0.4 is 5.73 Å². The highest BCUT2D eigenvalue weighted by atomic mass is 35.5. The first-order chi connectivity index (χ1) is 9.23. The number of hydrogen-bond acceptors (Lipinski definition) is 3. The third-order valence-corrected chi connectivity index (χ3v) is 3.14. The van der Waals surface area contributed by atoms with Gasteiger partial charge in [-0.2, -0.15) is 0 Å². The molecule has 0 spiro atoms. The molecule has 112 valence electrons. The highest BCUT2D eigenvalue weighted by Crippen LogP contribution is 2.15. The second-order valence-electron chi connectivity index (χ2n) is 5.81. The second-order valence-corrected chi connectivity index (χ2v) is 6.25. The maximum absolute atomic E-state index is 12.0. The molecule has 1 aromatic rings. The number of carbonyl (C=O) groups is 1. The Morgan fingerprint density at radius 2 is 1.90 bits per heavy atom. The number of benzene rings is 1. The van der Waals surface area contributed by atoms with E-state index in [0.717, 1.165) is 5.56 Å². The molecule has 0 bridgehead atoms. The quantitative estimate of drug-likeness (QED) is 0.929. The summed E-state index contributed by atoms with van der Waals surface area (Å²) in [5.41, 5.74) is 6.35. The van der Waals surface area contributed by atoms with E-state index in [0.29, 0.717) is 18.0 Å². The Labute approximate surface area is 125 Å². The Morgan fingerprint density at radius 3 is 2.35 bits per heavy atom. The lowest BCUT2D eigenvalue weighted by Crippen LogP contribution is -2.45. The van der Waals surface area contributed by atoms with Gasteiger partial charge in [0.2, 0.25) is 0 Å². The molecule has 2 N–H and O–H groups in total. The molecular formula is C15H23ClN2O2. The Kier molecular flexibility index (Phi) is 5.84. The first kappa shape index (κ1) is 16.8. The number of amides is 1. The first-order valence-electron chi connectivity index (χ1n) is 6.63. The van der Waals surface area contributed by atoms with Gasteiger partial charge >= 0.3 is 6.09 Å². The van der Waals surface area contributed by atoms with Gasteiger partial charge in [-0.1, -0.05) is 23.7 Å². The van der Waals surface area contributed by atoms with E-state index in [1.807, 2.05) is 45.0 Å². The molecule has 1 atom stereocenters. The predicted octanol–water partition coefficient (Wildman–Crippen LogP) is 3.08. The average molecular weight is 299 g/mol. The minimum absolute atomic E-state index is 0.106. The van der Waals surface area contributed by atoms with Crippen molar-refractivity contribution in [1.82, 2.24) is 4.90 Å². The fourth-order valence-corrected chi connectivity index (χ4v) is 1.88. The molecule has 5 heteroatoms. The molecule has 4 nitrogen and oxygen atoms in total. The van der Waals surface area contributed by atoms with Crippen LogP contribution >= 0.6 is 11.6 Å². The zero-order valence-corrected chi connectivity index (χ0v) is 13.3. The lowest BCUT2D eigenvalue weighted by molar-refractivity contribution is 0.0228. The van der Waals surface area contributed by atoms with E-state index >= 15 is 0 Å². The molecule has 1 aromatic carbocycles. The van der Waals surface area contributed by atoms with Crippen LogP contribution in [0.3, 0.4) is 0 Å². The molecule has 0 saturated heterocycles. The van der Waals surface area contributed by atoms with Gasteiger partial charge in [0.15, 0.2) is 0 Å². The van der Waals surface area contributed by atoms with Crippen LogP contribution in [-0.4, -0.2) is 36.2 Å². The van der Waals surface area contributed by atoms with Gasteiger partial charge in [0.1, 0.15) is 5.60 Å². The van der Waals surface area contributed by atoms with Crippen molar-refractivity contribution in [3.63, 3.8) is 0 Å². The highest BCUT2D eigenvalue weighted by molar-refractivity contribution is 6.30. The average Bonchev–Trinajstić information content (AvgIpc) is 2.35. The van der Waals surface area contributed by atoms with E-state index < -0.39 is 5.60 Å². The Morgan fingerprint density at radius 1 is 1.35 bits per heavy atom. The lowest BCUT2D eigenvalue weighted by Gasteiger charge is -2.30. The van der Waals surface area contributed by atoms with E-state index in [1.54, 1.807) is 11.9 Å². The first-order valence-corrected chi connectivity index (χ1v) is 7.01. The van der Waals surface area contributed by atoms with Gasteiger partial charge < -0.3 is 15.4 Å². The van der Waals surface area contributed by atoms with Gasteiger partial charge in [-0.05, 0) is 44.9 Å². The number of hydrogen-bond donors (Lipinski definition) is 1. The molecule has 0 heterocycles. The number of likely N-dealkylation sites (N-methyl/N-ethyl adjacent to an activating group) is 1. The van der Waals surface area contributed by atoms with Crippen molar-refractivity contribution >= 4 is 17.7 Å². The summed E-state index contributed by atoms with van der Waals surface area (Å²) >= 11 is 5.86. The maximum Gasteiger partial charge on any atom is 0.410 e. The molecular weight excluding hydrogens is 276 g/mol. The third kappa shape index (κ3) is 5.39. The predicted molar refractivity (Wildman–Crippen MR) is 82.0 cm³/mol. The number of nitrogens with zero attached hydrogens (tertiary/aromatic N) is 1. The molecule has 1 amide bonds. The Bertz CT molecular complexity index is 440. The van der Waals surface area contributed by atoms with Gasteiger partial charge in [-0.3, -0.25) is 0 Å². The zero-order chi connectivity index (χ0) is 15.3. The van der Waals surface area contributed by atoms with Crippen LogP contribution in [0.15, 0.2) is 24.3 Å². The smallest absolute Gasteiger partial charge is 0.410 e. The largest absolute Gasteiger partial charge is 0.444 e. The summed E-state index contributed by atoms with van der Waals surface area (Å²) in [6, 6.07) is 7.43. The standard InChI is InChI=1S/C15H23ClN2O2/c1-15(2,3)20-14(19)18(4)13(10-17)9-11-5-7-12(16)8-6-11/h5-8,13H,9-10,17H2,1-4H3/t13-/m1/s1. The summed E-state index contributed by atoms with van der Waals surface area (Å²) in [5, 5.41) is 0.693. The van der Waals surface area contributed by atoms with Crippen LogP contribution in [0.1, 0.15) is 26.3 Å². The van der Waals surface area contributed by atoms with Crippen LogP contribution in [0.5, 0.6) is 0 Å². The summed E-state index contributed by atoms with van der Waals surface area (Å²) in [4.78, 5) is 13.6. The molecule has 0 aliphatic heterocycles. The normalized spacial score (nSPS) is 12.9. The lowest BCUT2D eigenvalue weighted by atomic mass is 10.1. The van der Waals surface area contributed by atoms with Crippen molar-refractivity contribution in [3.05, 3.63) is 34.9 Å². The summed E-state index contributed by atoms with van der Waals surface area (Å²) in [6.45, 7) is 5.90. The number of carbonyl (C=O) groups excluding carboxylic acids is 1. The van der Waals surface area contributed by atoms with Gasteiger partial charge in [0, 0.05) is 18.6 Å². The molecule has 0 radical (unpaired) electrons. The number of rotatable bonds is 4. The number of halogens is 1. The second kappa shape index (κ2) is 6.95. The summed E-state index contributed by atoms with van der Waals surface area (Å²) < 4.78 is 5.35. The zero-order valence-electron chi connectivity index (χ0n) is 12.5. The monoisotopic (exact) mass is 298 g/mol. The number of ether oxygens (including phenoxy) is 1. The minimum Gasteiger partial charge on any atom is -0.444 e. The molecule has 20 heavy (non-hydrogen) atoms. The highest BCUT2D eigenvalue weighted by Gasteiger charge is 2.24. The summed E-state index contributed by atoms with van der Waals surface area (Å²) in [7, 11) is 1.71. The van der Waals surface area contributed by atoms with Gasteiger partial charge in [0.25, 0.3) is 0 Å². The van der Waals surface area contributed by atoms with Crippen LogP contribution in [0, 0.1) is 0 Å². The van der Waals surface area contributed by atoms with Crippen LogP contribution in [0.25, 0.3) is 0 Å². The third-order valence-electron chi connectivity index (χ3n) is 2.89. The topological polar surface area (TPSA) is 55.6 Å². The molecule has 0 unspecified atom stereocenters. The molecule has 1 rings (SSSR count). The van der Waals surface area contributed by atoms with Crippen molar-refractivity contribution in [1.29, 1.82) is 0 Å². The molecule has 0 aliphatic rings. The summed E-state index contributed by atoms with van der Waals surface area (Å²) in [6.07, 6.45) is 0.311. The van der Waals surface area contributed by atoms with Crippen LogP contribution in [0.4, 0.5) is 4.79 Å². The van der Waals surface area contributed by atoms with Crippen LogP contribution in [-0.2, 0) is 11.2 Å². The van der Waals surface area contributed by atoms with Crippen molar-refractivity contribution in [3.8, 4) is 0 Å². The van der Waals surface area contributed by atoms with E-state index in [4.69, 9.17) is 22.1 Å². The molecule has 0 fully saturated rings. The van der Waals surface area contributed by atoms with Crippen molar-refractivity contribution in [2.45, 2.75) is 38.8 Å². The number of nitrogens with two attached hydrogens (primary N) is 1. The van der Waals surface area contributed by atoms with Gasteiger partial charge in [-0.25, -0.2) is 4.79 Å². The van der Waals surface area contributed by atoms with Crippen molar-refractivity contribution in [2.24, 2.45) is 5.73 Å². The molecule has 0 aromatic heterocycles. The van der Waals surface area contributed by atoms with E-state index in [9.17, 15) is 4.79 Å². The Hall–Kier alpha value is -1.26. The van der Waals surface area contributed by atoms with E-state index in [1.165, 1.54) is 0 Å². The molecule has 0 aliphatic carbocycles. The van der Waals surface area contributed by atoms with E-state index in [-0.39, 0.29) is 12.1 Å². The minimum atomic E-state index is -0.509. The van der Waals surface area contributed by atoms with E-state index in [2.05, 4.69) is 0 Å². The van der Waals surface area contributed by atoms with Gasteiger partial charge in [0.05, 0.1) is 6.04 Å². The Balaban J connectivity index is 2.70. The molecule has 0 saturated carbocycles. The van der Waals surface area contributed by atoms with Crippen molar-refractivity contribution in [2.75, 3.05) is 13.6 Å². The maximum atomic E-state index is 12.0. The van der Waals surface area contributed by atoms with Crippen molar-refractivity contribution < 1.29 is 9.53 Å². The fraction of sp³-hybridized carbons (Fsp3) is 0.533. The van der Waals surface area contributed by atoms with Gasteiger partial charge in [-0.15, -0.1) is 0 Å². The SMILES string of the molecule is CN(C(=O)OC(C)(C)C)[C@@H](CN)Cc1ccc(Cl)cc1. The summed E-state index contributed by atoms with van der Waals surface area (Å²) in [5.74, 6) is 0. The van der Waals surface area contributed by atoms with Crippen LogP contribution in [0.2, 0.25) is 5.02 Å². The fourth-order valence-electron chi connectivity index (χ4n) is 1.75.